The van der Waals surface area contributed by atoms with Crippen molar-refractivity contribution in [1.82, 2.24) is 9.55 Å². The van der Waals surface area contributed by atoms with Crippen molar-refractivity contribution >= 4 is 6.29 Å². The van der Waals surface area contributed by atoms with E-state index < -0.39 is 0 Å². The predicted octanol–water partition coefficient (Wildman–Crippen LogP) is 0.342. The van der Waals surface area contributed by atoms with Gasteiger partial charge in [0, 0.05) is 26.0 Å². The van der Waals surface area contributed by atoms with Gasteiger partial charge in [-0.1, -0.05) is 0 Å². The monoisotopic (exact) mass is 154 g/mol. The summed E-state index contributed by atoms with van der Waals surface area (Å²) in [6.07, 6.45) is 4.08. The molecule has 0 aromatic carbocycles. The first-order chi connectivity index (χ1) is 5.38. The van der Waals surface area contributed by atoms with Crippen molar-refractivity contribution in [2.45, 2.75) is 6.54 Å². The number of methoxy groups -OCH3 is 1. The lowest BCUT2D eigenvalue weighted by molar-refractivity contribution is 0.110. The Bertz CT molecular complexity index is 232. The fourth-order valence-corrected chi connectivity index (χ4v) is 0.818. The Morgan fingerprint density at radius 3 is 3.27 bits per heavy atom. The maximum Gasteiger partial charge on any atom is 0.185 e. The Balaban J connectivity index is 2.61. The molecule has 1 aromatic heterocycles. The molecule has 0 aliphatic rings. The van der Waals surface area contributed by atoms with Gasteiger partial charge in [0.05, 0.1) is 6.61 Å². The largest absolute Gasteiger partial charge is 0.383 e. The molecule has 0 aliphatic heterocycles. The highest BCUT2D eigenvalue weighted by molar-refractivity contribution is 5.69. The molecule has 1 rings (SSSR count). The molecule has 0 amide bonds. The lowest BCUT2D eigenvalue weighted by Gasteiger charge is -2.01. The average molecular weight is 154 g/mol. The number of rotatable bonds is 4. The van der Waals surface area contributed by atoms with Crippen LogP contribution in [-0.4, -0.2) is 29.6 Å². The van der Waals surface area contributed by atoms with Crippen molar-refractivity contribution in [1.29, 1.82) is 0 Å². The van der Waals surface area contributed by atoms with Gasteiger partial charge in [-0.25, -0.2) is 4.98 Å². The zero-order valence-electron chi connectivity index (χ0n) is 6.36. The SMILES string of the molecule is COCCn1ccnc1C=O. The third kappa shape index (κ3) is 1.88. The van der Waals surface area contributed by atoms with Crippen LogP contribution in [0.4, 0.5) is 0 Å². The smallest absolute Gasteiger partial charge is 0.185 e. The summed E-state index contributed by atoms with van der Waals surface area (Å²) in [7, 11) is 1.62. The molecule has 0 unspecified atom stereocenters. The second-order valence-corrected chi connectivity index (χ2v) is 2.09. The van der Waals surface area contributed by atoms with E-state index in [9.17, 15) is 4.79 Å². The van der Waals surface area contributed by atoms with Gasteiger partial charge in [-0.3, -0.25) is 4.79 Å². The van der Waals surface area contributed by atoms with Crippen molar-refractivity contribution < 1.29 is 9.53 Å². The minimum Gasteiger partial charge on any atom is -0.383 e. The molecule has 0 fully saturated rings. The Morgan fingerprint density at radius 2 is 2.64 bits per heavy atom. The molecule has 1 heterocycles. The Labute approximate surface area is 64.8 Å². The molecule has 4 heteroatoms. The number of hydrogen-bond donors (Lipinski definition) is 0. The van der Waals surface area contributed by atoms with Crippen LogP contribution in [0.15, 0.2) is 12.4 Å². The van der Waals surface area contributed by atoms with E-state index in [1.54, 1.807) is 24.1 Å². The van der Waals surface area contributed by atoms with Crippen LogP contribution in [0.3, 0.4) is 0 Å². The summed E-state index contributed by atoms with van der Waals surface area (Å²) in [6, 6.07) is 0. The van der Waals surface area contributed by atoms with Crippen LogP contribution in [0.5, 0.6) is 0 Å². The number of imidazole rings is 1. The van der Waals surface area contributed by atoms with Gasteiger partial charge < -0.3 is 9.30 Å². The highest BCUT2D eigenvalue weighted by Crippen LogP contribution is 1.93. The summed E-state index contributed by atoms with van der Waals surface area (Å²) >= 11 is 0. The molecular weight excluding hydrogens is 144 g/mol. The number of nitrogens with zero attached hydrogens (tertiary/aromatic N) is 2. The lowest BCUT2D eigenvalue weighted by Crippen LogP contribution is -2.06. The van der Waals surface area contributed by atoms with E-state index >= 15 is 0 Å². The van der Waals surface area contributed by atoms with E-state index in [1.165, 1.54) is 0 Å². The lowest BCUT2D eigenvalue weighted by atomic mass is 10.6. The second kappa shape index (κ2) is 3.88. The van der Waals surface area contributed by atoms with Crippen molar-refractivity contribution in [3.05, 3.63) is 18.2 Å². The third-order valence-electron chi connectivity index (χ3n) is 1.39. The van der Waals surface area contributed by atoms with Gasteiger partial charge in [0.1, 0.15) is 0 Å². The predicted molar refractivity (Wildman–Crippen MR) is 39.5 cm³/mol. The van der Waals surface area contributed by atoms with Gasteiger partial charge in [-0.15, -0.1) is 0 Å². The fraction of sp³-hybridized carbons (Fsp3) is 0.429. The highest BCUT2D eigenvalue weighted by Gasteiger charge is 1.98. The molecule has 4 nitrogen and oxygen atoms in total. The molecule has 1 aromatic rings. The van der Waals surface area contributed by atoms with Crippen LogP contribution < -0.4 is 0 Å². The maximum atomic E-state index is 10.3. The molecule has 0 radical (unpaired) electrons. The Kier molecular flexibility index (Phi) is 2.80. The number of aldehydes is 1. The summed E-state index contributed by atoms with van der Waals surface area (Å²) in [5.41, 5.74) is 0. The highest BCUT2D eigenvalue weighted by atomic mass is 16.5. The van der Waals surface area contributed by atoms with Gasteiger partial charge in [0.2, 0.25) is 0 Å². The van der Waals surface area contributed by atoms with Crippen LogP contribution in [0, 0.1) is 0 Å². The van der Waals surface area contributed by atoms with Gasteiger partial charge in [0.15, 0.2) is 12.1 Å². The molecule has 0 aliphatic carbocycles. The molecule has 0 saturated heterocycles. The summed E-state index contributed by atoms with van der Waals surface area (Å²) < 4.78 is 6.60. The number of aromatic nitrogens is 2. The average Bonchev–Trinajstić information content (AvgIpc) is 2.47. The van der Waals surface area contributed by atoms with Crippen LogP contribution in [0.2, 0.25) is 0 Å². The van der Waals surface area contributed by atoms with E-state index in [0.29, 0.717) is 19.0 Å². The topological polar surface area (TPSA) is 44.1 Å². The van der Waals surface area contributed by atoms with E-state index in [-0.39, 0.29) is 0 Å². The van der Waals surface area contributed by atoms with Crippen LogP contribution >= 0.6 is 0 Å². The number of hydrogen-bond acceptors (Lipinski definition) is 3. The van der Waals surface area contributed by atoms with Gasteiger partial charge in [0.25, 0.3) is 0 Å². The van der Waals surface area contributed by atoms with Crippen molar-refractivity contribution in [2.24, 2.45) is 0 Å². The molecule has 0 bridgehead atoms. The number of carbonyl (C=O) groups is 1. The first kappa shape index (κ1) is 7.94. The van der Waals surface area contributed by atoms with Gasteiger partial charge >= 0.3 is 0 Å². The maximum absolute atomic E-state index is 10.3. The summed E-state index contributed by atoms with van der Waals surface area (Å²) in [5, 5.41) is 0. The van der Waals surface area contributed by atoms with E-state index in [1.807, 2.05) is 0 Å². The van der Waals surface area contributed by atoms with Gasteiger partial charge in [-0.2, -0.15) is 0 Å². The molecule has 0 N–H and O–H groups in total. The van der Waals surface area contributed by atoms with Crippen molar-refractivity contribution in [3.63, 3.8) is 0 Å². The Morgan fingerprint density at radius 1 is 1.82 bits per heavy atom. The normalized spacial score (nSPS) is 9.91. The first-order valence-electron chi connectivity index (χ1n) is 3.33. The zero-order chi connectivity index (χ0) is 8.10. The Hall–Kier alpha value is -1.16. The van der Waals surface area contributed by atoms with Crippen molar-refractivity contribution in [3.8, 4) is 0 Å². The van der Waals surface area contributed by atoms with Crippen molar-refractivity contribution in [2.75, 3.05) is 13.7 Å². The minimum absolute atomic E-state index is 0.446. The fourth-order valence-electron chi connectivity index (χ4n) is 0.818. The first-order valence-corrected chi connectivity index (χ1v) is 3.33. The van der Waals surface area contributed by atoms with E-state index in [2.05, 4.69) is 4.98 Å². The summed E-state index contributed by atoms with van der Waals surface area (Å²) in [6.45, 7) is 1.27. The standard InChI is InChI=1S/C7H10N2O2/c1-11-5-4-9-3-2-8-7(9)6-10/h2-3,6H,4-5H2,1H3. The number of carbonyl (C=O) groups excluding carboxylic acids is 1. The molecule has 60 valence electrons. The third-order valence-corrected chi connectivity index (χ3v) is 1.39. The molecular formula is C7H10N2O2. The minimum atomic E-state index is 0.446. The molecule has 0 saturated carbocycles. The summed E-state index contributed by atoms with van der Waals surface area (Å²) in [4.78, 5) is 14.2. The van der Waals surface area contributed by atoms with Crippen LogP contribution in [0.1, 0.15) is 10.6 Å². The number of ether oxygens (including phenoxy) is 1. The zero-order valence-corrected chi connectivity index (χ0v) is 6.36. The molecule has 0 atom stereocenters. The van der Waals surface area contributed by atoms with Crippen LogP contribution in [-0.2, 0) is 11.3 Å². The van der Waals surface area contributed by atoms with Crippen LogP contribution in [0.25, 0.3) is 0 Å². The molecule has 11 heavy (non-hydrogen) atoms. The van der Waals surface area contributed by atoms with Gasteiger partial charge in [-0.05, 0) is 0 Å². The second-order valence-electron chi connectivity index (χ2n) is 2.09. The van der Waals surface area contributed by atoms with E-state index in [4.69, 9.17) is 4.74 Å². The van der Waals surface area contributed by atoms with E-state index in [0.717, 1.165) is 6.29 Å². The molecule has 0 spiro atoms. The quantitative estimate of drug-likeness (QED) is 0.587. The summed E-state index contributed by atoms with van der Waals surface area (Å²) in [5.74, 6) is 0.446.